The first-order valence-electron chi connectivity index (χ1n) is 9.76. The van der Waals surface area contributed by atoms with Crippen LogP contribution >= 0.6 is 0 Å². The van der Waals surface area contributed by atoms with Gasteiger partial charge in [-0.2, -0.15) is 5.26 Å². The van der Waals surface area contributed by atoms with Gasteiger partial charge in [-0.3, -0.25) is 4.79 Å². The summed E-state index contributed by atoms with van der Waals surface area (Å²) < 4.78 is 10.7. The third kappa shape index (κ3) is 6.38. The van der Waals surface area contributed by atoms with Crippen molar-refractivity contribution in [1.82, 2.24) is 0 Å². The highest BCUT2D eigenvalue weighted by Crippen LogP contribution is 2.24. The van der Waals surface area contributed by atoms with Gasteiger partial charge >= 0.3 is 5.97 Å². The lowest BCUT2D eigenvalue weighted by Gasteiger charge is -2.11. The topological polar surface area (TPSA) is 100 Å². The van der Waals surface area contributed by atoms with E-state index in [0.29, 0.717) is 24.7 Å². The Morgan fingerprint density at radius 2 is 1.77 bits per heavy atom. The molecule has 0 aliphatic carbocycles. The molecule has 0 atom stereocenters. The standard InChI is InChI=1S/C23H25N3O4/c1-3-5-14-30-23(28)18-10-6-7-11-19(18)26-22(27)17(15-24)16-25-20-12-8-9-13-21(20)29-4-2/h6-13,16,25H,3-5,14H2,1-2H3,(H,26,27)/b17-16-. The Morgan fingerprint density at radius 3 is 2.47 bits per heavy atom. The lowest BCUT2D eigenvalue weighted by molar-refractivity contribution is -0.112. The largest absolute Gasteiger partial charge is 0.492 e. The number of carbonyl (C=O) groups is 2. The van der Waals surface area contributed by atoms with Gasteiger partial charge in [0, 0.05) is 6.20 Å². The second-order valence-electron chi connectivity index (χ2n) is 6.23. The molecule has 0 radical (unpaired) electrons. The molecule has 7 heteroatoms. The molecule has 0 bridgehead atoms. The Labute approximate surface area is 176 Å². The van der Waals surface area contributed by atoms with Crippen molar-refractivity contribution in [3.63, 3.8) is 0 Å². The molecule has 0 aliphatic rings. The first-order chi connectivity index (χ1) is 14.6. The van der Waals surface area contributed by atoms with Crippen LogP contribution in [0, 0.1) is 11.3 Å². The van der Waals surface area contributed by atoms with Crippen LogP contribution in [0.3, 0.4) is 0 Å². The van der Waals surface area contributed by atoms with Crippen molar-refractivity contribution in [2.24, 2.45) is 0 Å². The molecule has 2 aromatic carbocycles. The summed E-state index contributed by atoms with van der Waals surface area (Å²) in [5.41, 5.74) is 0.976. The average Bonchev–Trinajstić information content (AvgIpc) is 2.76. The van der Waals surface area contributed by atoms with Gasteiger partial charge in [0.25, 0.3) is 5.91 Å². The van der Waals surface area contributed by atoms with Crippen molar-refractivity contribution in [2.75, 3.05) is 23.8 Å². The average molecular weight is 407 g/mol. The van der Waals surface area contributed by atoms with Crippen molar-refractivity contribution in [1.29, 1.82) is 5.26 Å². The van der Waals surface area contributed by atoms with E-state index in [1.807, 2.05) is 32.0 Å². The number of anilines is 2. The van der Waals surface area contributed by atoms with Crippen LogP contribution in [0.15, 0.2) is 60.3 Å². The van der Waals surface area contributed by atoms with Gasteiger partial charge in [0.1, 0.15) is 17.4 Å². The summed E-state index contributed by atoms with van der Waals surface area (Å²) in [6.07, 6.45) is 2.97. The van der Waals surface area contributed by atoms with Gasteiger partial charge < -0.3 is 20.1 Å². The van der Waals surface area contributed by atoms with Gasteiger partial charge in [0.05, 0.1) is 30.2 Å². The number of amides is 1. The fraction of sp³-hybridized carbons (Fsp3) is 0.261. The monoisotopic (exact) mass is 407 g/mol. The van der Waals surface area contributed by atoms with Crippen molar-refractivity contribution >= 4 is 23.3 Å². The van der Waals surface area contributed by atoms with Crippen molar-refractivity contribution in [3.8, 4) is 11.8 Å². The normalized spacial score (nSPS) is 10.6. The van der Waals surface area contributed by atoms with E-state index in [9.17, 15) is 14.9 Å². The fourth-order valence-corrected chi connectivity index (χ4v) is 2.51. The number of nitriles is 1. The van der Waals surface area contributed by atoms with Crippen LogP contribution in [0.4, 0.5) is 11.4 Å². The number of benzene rings is 2. The van der Waals surface area contributed by atoms with Crippen LogP contribution in [-0.2, 0) is 9.53 Å². The molecule has 2 N–H and O–H groups in total. The number of nitrogens with one attached hydrogen (secondary N) is 2. The predicted octanol–water partition coefficient (Wildman–Crippen LogP) is 4.50. The van der Waals surface area contributed by atoms with Gasteiger partial charge in [0.2, 0.25) is 0 Å². The molecule has 30 heavy (non-hydrogen) atoms. The molecule has 0 aromatic heterocycles. The zero-order valence-electron chi connectivity index (χ0n) is 17.1. The molecule has 2 rings (SSSR count). The van der Waals surface area contributed by atoms with Crippen LogP contribution in [0.2, 0.25) is 0 Å². The van der Waals surface area contributed by atoms with E-state index in [4.69, 9.17) is 9.47 Å². The number of para-hydroxylation sites is 3. The maximum atomic E-state index is 12.6. The number of unbranched alkanes of at least 4 members (excludes halogenated alkanes) is 1. The van der Waals surface area contributed by atoms with E-state index >= 15 is 0 Å². The van der Waals surface area contributed by atoms with Gasteiger partial charge in [-0.1, -0.05) is 37.6 Å². The van der Waals surface area contributed by atoms with Crippen LogP contribution in [0.25, 0.3) is 0 Å². The second-order valence-corrected chi connectivity index (χ2v) is 6.23. The smallest absolute Gasteiger partial charge is 0.340 e. The highest BCUT2D eigenvalue weighted by Gasteiger charge is 2.16. The lowest BCUT2D eigenvalue weighted by atomic mass is 10.1. The van der Waals surface area contributed by atoms with E-state index in [0.717, 1.165) is 12.8 Å². The number of nitrogens with zero attached hydrogens (tertiary/aromatic N) is 1. The summed E-state index contributed by atoms with van der Waals surface area (Å²) >= 11 is 0. The third-order valence-corrected chi connectivity index (χ3v) is 4.05. The van der Waals surface area contributed by atoms with E-state index in [1.54, 1.807) is 36.4 Å². The zero-order chi connectivity index (χ0) is 21.8. The lowest BCUT2D eigenvalue weighted by Crippen LogP contribution is -2.18. The molecule has 0 saturated carbocycles. The highest BCUT2D eigenvalue weighted by atomic mass is 16.5. The van der Waals surface area contributed by atoms with E-state index in [2.05, 4.69) is 10.6 Å². The van der Waals surface area contributed by atoms with Crippen molar-refractivity contribution in [3.05, 3.63) is 65.9 Å². The van der Waals surface area contributed by atoms with E-state index in [-0.39, 0.29) is 16.8 Å². The number of hydrogen-bond donors (Lipinski definition) is 2. The molecule has 0 fully saturated rings. The Balaban J connectivity index is 2.14. The van der Waals surface area contributed by atoms with Gasteiger partial charge in [-0.15, -0.1) is 0 Å². The SMILES string of the molecule is CCCCOC(=O)c1ccccc1NC(=O)/C(C#N)=C\Nc1ccccc1OCC. The van der Waals surface area contributed by atoms with Crippen LogP contribution in [0.5, 0.6) is 5.75 Å². The second kappa shape index (κ2) is 11.9. The Hall–Kier alpha value is -3.79. The molecule has 0 unspecified atom stereocenters. The molecule has 0 aliphatic heterocycles. The van der Waals surface area contributed by atoms with Crippen LogP contribution in [-0.4, -0.2) is 25.1 Å². The number of hydrogen-bond acceptors (Lipinski definition) is 6. The molecular weight excluding hydrogens is 382 g/mol. The van der Waals surface area contributed by atoms with Crippen LogP contribution < -0.4 is 15.4 Å². The molecule has 0 heterocycles. The maximum absolute atomic E-state index is 12.6. The van der Waals surface area contributed by atoms with Crippen molar-refractivity contribution < 1.29 is 19.1 Å². The van der Waals surface area contributed by atoms with Gasteiger partial charge in [0.15, 0.2) is 0 Å². The Bertz CT molecular complexity index is 947. The first kappa shape index (κ1) is 22.5. The molecule has 1 amide bonds. The number of rotatable bonds is 10. The summed E-state index contributed by atoms with van der Waals surface area (Å²) in [7, 11) is 0. The minimum Gasteiger partial charge on any atom is -0.492 e. The van der Waals surface area contributed by atoms with Gasteiger partial charge in [-0.25, -0.2) is 4.79 Å². The van der Waals surface area contributed by atoms with Crippen LogP contribution in [0.1, 0.15) is 37.0 Å². The highest BCUT2D eigenvalue weighted by molar-refractivity contribution is 6.09. The van der Waals surface area contributed by atoms with E-state index in [1.165, 1.54) is 6.20 Å². The van der Waals surface area contributed by atoms with Gasteiger partial charge in [-0.05, 0) is 37.6 Å². The molecule has 7 nitrogen and oxygen atoms in total. The summed E-state index contributed by atoms with van der Waals surface area (Å²) in [4.78, 5) is 24.9. The molecule has 2 aromatic rings. The molecule has 0 spiro atoms. The van der Waals surface area contributed by atoms with E-state index < -0.39 is 11.9 Å². The fourth-order valence-electron chi connectivity index (χ4n) is 2.51. The molecular formula is C23H25N3O4. The summed E-state index contributed by atoms with van der Waals surface area (Å²) in [5.74, 6) is -0.563. The maximum Gasteiger partial charge on any atom is 0.340 e. The Morgan fingerprint density at radius 1 is 1.07 bits per heavy atom. The summed E-state index contributed by atoms with van der Waals surface area (Å²) in [6, 6.07) is 15.6. The number of ether oxygens (including phenoxy) is 2. The third-order valence-electron chi connectivity index (χ3n) is 4.05. The minimum absolute atomic E-state index is 0.157. The molecule has 156 valence electrons. The number of carbonyl (C=O) groups excluding carboxylic acids is 2. The predicted molar refractivity (Wildman–Crippen MR) is 115 cm³/mol. The summed E-state index contributed by atoms with van der Waals surface area (Å²) in [6.45, 7) is 4.66. The quantitative estimate of drug-likeness (QED) is 0.260. The van der Waals surface area contributed by atoms with Crippen molar-refractivity contribution in [2.45, 2.75) is 26.7 Å². The zero-order valence-corrected chi connectivity index (χ0v) is 17.1. The number of esters is 1. The Kier molecular flexibility index (Phi) is 8.94. The molecule has 0 saturated heterocycles. The summed E-state index contributed by atoms with van der Waals surface area (Å²) in [5, 5.41) is 14.9. The minimum atomic E-state index is -0.646. The first-order valence-corrected chi connectivity index (χ1v) is 9.76.